The summed E-state index contributed by atoms with van der Waals surface area (Å²) < 4.78 is 0. The molecule has 0 radical (unpaired) electrons. The molecule has 1 aromatic carbocycles. The first kappa shape index (κ1) is 12.5. The third kappa shape index (κ3) is 2.26. The molecule has 2 fully saturated rings. The van der Waals surface area contributed by atoms with Crippen LogP contribution in [0.3, 0.4) is 0 Å². The van der Waals surface area contributed by atoms with E-state index in [1.165, 1.54) is 48.8 Å². The van der Waals surface area contributed by atoms with Crippen LogP contribution in [0.2, 0.25) is 0 Å². The molecule has 2 saturated carbocycles. The number of anilines is 1. The molecule has 2 aliphatic rings. The number of pyridine rings is 1. The van der Waals surface area contributed by atoms with Gasteiger partial charge in [-0.3, -0.25) is 0 Å². The largest absolute Gasteiger partial charge is 0.353 e. The maximum Gasteiger partial charge on any atom is 0.136 e. The van der Waals surface area contributed by atoms with Gasteiger partial charge in [0.2, 0.25) is 0 Å². The lowest BCUT2D eigenvalue weighted by molar-refractivity contribution is 0.712. The predicted molar refractivity (Wildman–Crippen MR) is 84.4 cm³/mol. The summed E-state index contributed by atoms with van der Waals surface area (Å²) >= 11 is 6.05. The second kappa shape index (κ2) is 4.92. The molecule has 2 nitrogen and oxygen atoms in total. The van der Waals surface area contributed by atoms with Crippen molar-refractivity contribution in [3.63, 3.8) is 0 Å². The van der Waals surface area contributed by atoms with Crippen LogP contribution in [0, 0.1) is 5.92 Å². The van der Waals surface area contributed by atoms with Gasteiger partial charge in [0.25, 0.3) is 0 Å². The van der Waals surface area contributed by atoms with Gasteiger partial charge >= 0.3 is 0 Å². The minimum absolute atomic E-state index is 0.528. The maximum absolute atomic E-state index is 6.05. The van der Waals surface area contributed by atoms with Crippen LogP contribution < -0.4 is 4.90 Å². The number of halogens is 1. The van der Waals surface area contributed by atoms with Crippen LogP contribution in [-0.4, -0.2) is 17.6 Å². The van der Waals surface area contributed by atoms with Crippen molar-refractivity contribution >= 4 is 28.2 Å². The highest BCUT2D eigenvalue weighted by molar-refractivity contribution is 6.18. The molecule has 0 atom stereocenters. The van der Waals surface area contributed by atoms with Gasteiger partial charge in [-0.2, -0.15) is 0 Å². The molecule has 0 unspecified atom stereocenters. The summed E-state index contributed by atoms with van der Waals surface area (Å²) in [4.78, 5) is 7.32. The smallest absolute Gasteiger partial charge is 0.136 e. The molecule has 3 heteroatoms. The maximum atomic E-state index is 6.05. The summed E-state index contributed by atoms with van der Waals surface area (Å²) in [5.41, 5.74) is 1.13. The Labute approximate surface area is 124 Å². The highest BCUT2D eigenvalue weighted by Gasteiger charge is 2.35. The van der Waals surface area contributed by atoms with Crippen LogP contribution in [0.15, 0.2) is 30.5 Å². The molecule has 0 bridgehead atoms. The number of aromatic nitrogens is 1. The number of hydrogen-bond donors (Lipinski definition) is 0. The molecule has 1 aromatic heterocycles. The lowest BCUT2D eigenvalue weighted by Crippen LogP contribution is -2.29. The zero-order valence-corrected chi connectivity index (χ0v) is 12.3. The average Bonchev–Trinajstić information content (AvgIpc) is 3.37. The standard InChI is InChI=1S/C17H19ClN2/c18-9-13-10-19-17(16-4-2-1-3-15(13)16)20(14-7-8-14)11-12-5-6-12/h1-4,10,12,14H,5-9,11H2. The van der Waals surface area contributed by atoms with Crippen molar-refractivity contribution in [3.05, 3.63) is 36.0 Å². The molecule has 0 saturated heterocycles. The molecule has 20 heavy (non-hydrogen) atoms. The highest BCUT2D eigenvalue weighted by atomic mass is 35.5. The Bertz CT molecular complexity index is 632. The predicted octanol–water partition coefficient (Wildman–Crippen LogP) is 4.35. The molecular weight excluding hydrogens is 268 g/mol. The first-order valence-electron chi connectivity index (χ1n) is 7.56. The normalized spacial score (nSPS) is 18.4. The van der Waals surface area contributed by atoms with E-state index in [1.807, 2.05) is 6.20 Å². The van der Waals surface area contributed by atoms with Crippen LogP contribution in [0.4, 0.5) is 5.82 Å². The van der Waals surface area contributed by atoms with Crippen molar-refractivity contribution < 1.29 is 0 Å². The van der Waals surface area contributed by atoms with Gasteiger partial charge in [0.1, 0.15) is 5.82 Å². The van der Waals surface area contributed by atoms with E-state index in [1.54, 1.807) is 0 Å². The van der Waals surface area contributed by atoms with Gasteiger partial charge in [-0.05, 0) is 42.6 Å². The Morgan fingerprint density at radius 1 is 1.10 bits per heavy atom. The van der Waals surface area contributed by atoms with Crippen molar-refractivity contribution in [1.29, 1.82) is 0 Å². The molecule has 0 aliphatic heterocycles. The second-order valence-electron chi connectivity index (χ2n) is 6.11. The number of rotatable bonds is 5. The van der Waals surface area contributed by atoms with Crippen molar-refractivity contribution in [3.8, 4) is 0 Å². The Balaban J connectivity index is 1.81. The summed E-state index contributed by atoms with van der Waals surface area (Å²) in [5.74, 6) is 2.59. The minimum atomic E-state index is 0.528. The van der Waals surface area contributed by atoms with E-state index in [0.717, 1.165) is 11.5 Å². The van der Waals surface area contributed by atoms with Crippen molar-refractivity contribution in [2.24, 2.45) is 5.92 Å². The van der Waals surface area contributed by atoms with Crippen LogP contribution in [-0.2, 0) is 5.88 Å². The molecule has 4 rings (SSSR count). The molecule has 104 valence electrons. The van der Waals surface area contributed by atoms with Crippen molar-refractivity contribution in [2.75, 3.05) is 11.4 Å². The van der Waals surface area contributed by atoms with E-state index in [-0.39, 0.29) is 0 Å². The summed E-state index contributed by atoms with van der Waals surface area (Å²) in [6, 6.07) is 9.27. The zero-order valence-electron chi connectivity index (χ0n) is 11.6. The summed E-state index contributed by atoms with van der Waals surface area (Å²) in [5, 5.41) is 2.52. The van der Waals surface area contributed by atoms with Crippen LogP contribution in [0.25, 0.3) is 10.8 Å². The minimum Gasteiger partial charge on any atom is -0.353 e. The third-order valence-corrected chi connectivity index (χ3v) is 4.70. The first-order chi connectivity index (χ1) is 9.86. The quantitative estimate of drug-likeness (QED) is 0.760. The number of fused-ring (bicyclic) bond motifs is 1. The lowest BCUT2D eigenvalue weighted by Gasteiger charge is -2.25. The molecule has 0 spiro atoms. The van der Waals surface area contributed by atoms with Gasteiger partial charge in [0.15, 0.2) is 0 Å². The zero-order chi connectivity index (χ0) is 13.5. The van der Waals surface area contributed by atoms with E-state index in [9.17, 15) is 0 Å². The van der Waals surface area contributed by atoms with E-state index < -0.39 is 0 Å². The number of hydrogen-bond acceptors (Lipinski definition) is 2. The third-order valence-electron chi connectivity index (χ3n) is 4.41. The molecule has 0 amide bonds. The average molecular weight is 287 g/mol. The van der Waals surface area contributed by atoms with Gasteiger partial charge in [0.05, 0.1) is 0 Å². The fourth-order valence-corrected chi connectivity index (χ4v) is 3.16. The summed E-state index contributed by atoms with van der Waals surface area (Å²) in [6.07, 6.45) is 7.38. The van der Waals surface area contributed by atoms with E-state index in [0.29, 0.717) is 11.9 Å². The fraction of sp³-hybridized carbons (Fsp3) is 0.471. The van der Waals surface area contributed by atoms with Gasteiger partial charge < -0.3 is 4.90 Å². The number of benzene rings is 1. The van der Waals surface area contributed by atoms with Gasteiger partial charge in [-0.1, -0.05) is 24.3 Å². The van der Waals surface area contributed by atoms with Crippen LogP contribution in [0.5, 0.6) is 0 Å². The summed E-state index contributed by atoms with van der Waals surface area (Å²) in [7, 11) is 0. The second-order valence-corrected chi connectivity index (χ2v) is 6.38. The van der Waals surface area contributed by atoms with Crippen LogP contribution in [0.1, 0.15) is 31.2 Å². The lowest BCUT2D eigenvalue weighted by atomic mass is 10.1. The summed E-state index contributed by atoms with van der Waals surface area (Å²) in [6.45, 7) is 1.18. The topological polar surface area (TPSA) is 16.1 Å². The van der Waals surface area contributed by atoms with E-state index in [4.69, 9.17) is 16.6 Å². The molecular formula is C17H19ClN2. The SMILES string of the molecule is ClCc1cnc(N(CC2CC2)C2CC2)c2ccccc12. The number of nitrogens with zero attached hydrogens (tertiary/aromatic N) is 2. The Morgan fingerprint density at radius 2 is 1.85 bits per heavy atom. The highest BCUT2D eigenvalue weighted by Crippen LogP contribution is 2.39. The Morgan fingerprint density at radius 3 is 2.50 bits per heavy atom. The number of alkyl halides is 1. The molecule has 2 aliphatic carbocycles. The van der Waals surface area contributed by atoms with E-state index >= 15 is 0 Å². The first-order valence-corrected chi connectivity index (χ1v) is 8.09. The van der Waals surface area contributed by atoms with Crippen LogP contribution >= 0.6 is 11.6 Å². The Kier molecular flexibility index (Phi) is 3.07. The van der Waals surface area contributed by atoms with Gasteiger partial charge in [-0.25, -0.2) is 4.98 Å². The van der Waals surface area contributed by atoms with Crippen molar-refractivity contribution in [1.82, 2.24) is 4.98 Å². The monoisotopic (exact) mass is 286 g/mol. The molecule has 0 N–H and O–H groups in total. The molecule has 2 aromatic rings. The molecule has 1 heterocycles. The van der Waals surface area contributed by atoms with Gasteiger partial charge in [-0.15, -0.1) is 11.6 Å². The van der Waals surface area contributed by atoms with E-state index in [2.05, 4.69) is 29.2 Å². The Hall–Kier alpha value is -1.28. The van der Waals surface area contributed by atoms with Crippen molar-refractivity contribution in [2.45, 2.75) is 37.6 Å². The fourth-order valence-electron chi connectivity index (χ4n) is 2.94. The van der Waals surface area contributed by atoms with Gasteiger partial charge in [0, 0.05) is 30.0 Å².